The Bertz CT molecular complexity index is 51.7. The molecule has 0 radical (unpaired) electrons. The van der Waals surface area contributed by atoms with E-state index >= 15 is 0 Å². The van der Waals surface area contributed by atoms with Gasteiger partial charge in [-0.2, -0.15) is 0 Å². The summed E-state index contributed by atoms with van der Waals surface area (Å²) in [6, 6.07) is 0. The standard InChI is InChI=1S/C6H10.ClH/c1-3-5-6-4-2;/h1H,4-6H2,2H3;1H. The predicted molar refractivity (Wildman–Crippen MR) is 35.6 cm³/mol. The molecule has 0 N–H and O–H groups in total. The van der Waals surface area contributed by atoms with Crippen molar-refractivity contribution in [2.75, 3.05) is 0 Å². The van der Waals surface area contributed by atoms with Gasteiger partial charge >= 0.3 is 0 Å². The van der Waals surface area contributed by atoms with Crippen LogP contribution in [0.5, 0.6) is 0 Å². The fourth-order valence-corrected chi connectivity index (χ4v) is 0.279. The lowest BCUT2D eigenvalue weighted by Gasteiger charge is -1.79. The molecular weight excluding hydrogens is 108 g/mol. The Kier molecular flexibility index (Phi) is 13.2. The lowest BCUT2D eigenvalue weighted by Crippen LogP contribution is -1.62. The van der Waals surface area contributed by atoms with Crippen LogP contribution in [0, 0.1) is 12.3 Å². The van der Waals surface area contributed by atoms with Gasteiger partial charge in [-0.05, 0) is 6.42 Å². The molecule has 0 aliphatic heterocycles. The summed E-state index contributed by atoms with van der Waals surface area (Å²) in [5.74, 6) is 2.57. The Morgan fingerprint density at radius 2 is 2.14 bits per heavy atom. The van der Waals surface area contributed by atoms with E-state index < -0.39 is 0 Å². The molecule has 7 heavy (non-hydrogen) atoms. The van der Waals surface area contributed by atoms with E-state index in [-0.39, 0.29) is 12.4 Å². The van der Waals surface area contributed by atoms with E-state index in [0.29, 0.717) is 0 Å². The maximum Gasteiger partial charge on any atom is 0.00859 e. The van der Waals surface area contributed by atoms with Gasteiger partial charge in [0, 0.05) is 6.42 Å². The number of unbranched alkanes of at least 4 members (excludes halogenated alkanes) is 2. The summed E-state index contributed by atoms with van der Waals surface area (Å²) in [7, 11) is 0. The normalized spacial score (nSPS) is 6.29. The summed E-state index contributed by atoms with van der Waals surface area (Å²) in [6.07, 6.45) is 8.30. The minimum Gasteiger partial charge on any atom is -0.147 e. The maximum absolute atomic E-state index is 4.96. The van der Waals surface area contributed by atoms with Gasteiger partial charge in [-0.25, -0.2) is 0 Å². The van der Waals surface area contributed by atoms with Crippen LogP contribution in [0.2, 0.25) is 0 Å². The van der Waals surface area contributed by atoms with E-state index in [0.717, 1.165) is 6.42 Å². The quantitative estimate of drug-likeness (QED) is 0.385. The number of hydrogen-bond donors (Lipinski definition) is 0. The summed E-state index contributed by atoms with van der Waals surface area (Å²) in [5, 5.41) is 0. The van der Waals surface area contributed by atoms with Crippen LogP contribution in [0.4, 0.5) is 0 Å². The summed E-state index contributed by atoms with van der Waals surface area (Å²) in [5.41, 5.74) is 0. The summed E-state index contributed by atoms with van der Waals surface area (Å²) in [4.78, 5) is 0. The van der Waals surface area contributed by atoms with Crippen LogP contribution in [0.1, 0.15) is 26.2 Å². The minimum absolute atomic E-state index is 0. The van der Waals surface area contributed by atoms with Crippen LogP contribution in [0.3, 0.4) is 0 Å². The lowest BCUT2D eigenvalue weighted by molar-refractivity contribution is 0.828. The van der Waals surface area contributed by atoms with Gasteiger partial charge < -0.3 is 0 Å². The molecule has 0 bridgehead atoms. The van der Waals surface area contributed by atoms with Gasteiger partial charge in [-0.1, -0.05) is 13.3 Å². The first-order valence-corrected chi connectivity index (χ1v) is 2.35. The van der Waals surface area contributed by atoms with Crippen molar-refractivity contribution in [2.24, 2.45) is 0 Å². The Morgan fingerprint density at radius 3 is 2.29 bits per heavy atom. The second kappa shape index (κ2) is 9.28. The van der Waals surface area contributed by atoms with E-state index in [1.165, 1.54) is 12.8 Å². The average Bonchev–Trinajstić information content (AvgIpc) is 1.61. The highest BCUT2D eigenvalue weighted by Crippen LogP contribution is 1.88. The highest BCUT2D eigenvalue weighted by Gasteiger charge is 1.71. The number of hydrogen-bond acceptors (Lipinski definition) is 0. The zero-order valence-electron chi connectivity index (χ0n) is 4.61. The molecular formula is C6H11Cl. The molecule has 0 unspecified atom stereocenters. The monoisotopic (exact) mass is 118 g/mol. The highest BCUT2D eigenvalue weighted by atomic mass is 35.5. The van der Waals surface area contributed by atoms with Crippen LogP contribution < -0.4 is 0 Å². The van der Waals surface area contributed by atoms with Gasteiger partial charge in [0.15, 0.2) is 0 Å². The van der Waals surface area contributed by atoms with Gasteiger partial charge in [0.1, 0.15) is 0 Å². The highest BCUT2D eigenvalue weighted by molar-refractivity contribution is 5.85. The summed E-state index contributed by atoms with van der Waals surface area (Å²) < 4.78 is 0. The van der Waals surface area contributed by atoms with Crippen LogP contribution in [-0.4, -0.2) is 0 Å². The molecule has 0 rings (SSSR count). The predicted octanol–water partition coefficient (Wildman–Crippen LogP) is 2.23. The molecule has 0 amide bonds. The third kappa shape index (κ3) is 10.7. The molecule has 0 aliphatic carbocycles. The minimum atomic E-state index is 0. The molecule has 0 heterocycles. The van der Waals surface area contributed by atoms with Crippen molar-refractivity contribution in [3.63, 3.8) is 0 Å². The SMILES string of the molecule is C#CCCCC.Cl. The van der Waals surface area contributed by atoms with E-state index in [4.69, 9.17) is 6.42 Å². The number of terminal acetylenes is 1. The first-order valence-electron chi connectivity index (χ1n) is 2.35. The van der Waals surface area contributed by atoms with Crippen molar-refractivity contribution in [1.29, 1.82) is 0 Å². The van der Waals surface area contributed by atoms with Crippen molar-refractivity contribution in [2.45, 2.75) is 26.2 Å². The van der Waals surface area contributed by atoms with E-state index in [9.17, 15) is 0 Å². The zero-order valence-corrected chi connectivity index (χ0v) is 5.42. The Labute approximate surface area is 51.7 Å². The van der Waals surface area contributed by atoms with E-state index in [1.807, 2.05) is 0 Å². The van der Waals surface area contributed by atoms with Gasteiger partial charge in [0.25, 0.3) is 0 Å². The maximum atomic E-state index is 4.96. The molecule has 0 nitrogen and oxygen atoms in total. The Hall–Kier alpha value is -0.150. The van der Waals surface area contributed by atoms with Crippen molar-refractivity contribution >= 4 is 12.4 Å². The average molecular weight is 119 g/mol. The molecule has 0 saturated carbocycles. The largest absolute Gasteiger partial charge is 0.147 e. The van der Waals surface area contributed by atoms with Gasteiger partial charge in [0.2, 0.25) is 0 Å². The third-order valence-electron chi connectivity index (χ3n) is 0.675. The molecule has 0 atom stereocenters. The second-order valence-electron chi connectivity index (χ2n) is 1.31. The molecule has 0 spiro atoms. The fourth-order valence-electron chi connectivity index (χ4n) is 0.279. The van der Waals surface area contributed by atoms with E-state index in [1.54, 1.807) is 0 Å². The number of rotatable bonds is 2. The Morgan fingerprint density at radius 1 is 1.57 bits per heavy atom. The Balaban J connectivity index is 0. The van der Waals surface area contributed by atoms with Crippen molar-refractivity contribution in [3.05, 3.63) is 0 Å². The van der Waals surface area contributed by atoms with Crippen LogP contribution >= 0.6 is 12.4 Å². The molecule has 0 aromatic carbocycles. The van der Waals surface area contributed by atoms with Crippen molar-refractivity contribution in [3.8, 4) is 12.3 Å². The molecule has 0 aromatic heterocycles. The van der Waals surface area contributed by atoms with Crippen LogP contribution in [-0.2, 0) is 0 Å². The third-order valence-corrected chi connectivity index (χ3v) is 0.675. The molecule has 0 saturated heterocycles. The molecule has 0 aliphatic rings. The summed E-state index contributed by atoms with van der Waals surface area (Å²) in [6.45, 7) is 2.14. The van der Waals surface area contributed by atoms with Crippen LogP contribution in [0.25, 0.3) is 0 Å². The fraction of sp³-hybridized carbons (Fsp3) is 0.667. The van der Waals surface area contributed by atoms with Crippen LogP contribution in [0.15, 0.2) is 0 Å². The molecule has 0 aromatic rings. The smallest absolute Gasteiger partial charge is 0.00859 e. The number of halogens is 1. The van der Waals surface area contributed by atoms with Gasteiger partial charge in [0.05, 0.1) is 0 Å². The molecule has 0 fully saturated rings. The zero-order chi connectivity index (χ0) is 4.83. The first kappa shape index (κ1) is 9.97. The lowest BCUT2D eigenvalue weighted by atomic mass is 10.3. The van der Waals surface area contributed by atoms with Crippen molar-refractivity contribution in [1.82, 2.24) is 0 Å². The van der Waals surface area contributed by atoms with Gasteiger partial charge in [-0.3, -0.25) is 0 Å². The topological polar surface area (TPSA) is 0 Å². The van der Waals surface area contributed by atoms with E-state index in [2.05, 4.69) is 12.8 Å². The molecule has 42 valence electrons. The molecule has 1 heteroatoms. The van der Waals surface area contributed by atoms with Gasteiger partial charge in [-0.15, -0.1) is 24.8 Å². The second-order valence-corrected chi connectivity index (χ2v) is 1.31. The first-order chi connectivity index (χ1) is 2.91. The van der Waals surface area contributed by atoms with Crippen molar-refractivity contribution < 1.29 is 0 Å². The summed E-state index contributed by atoms with van der Waals surface area (Å²) >= 11 is 0.